The zero-order valence-corrected chi connectivity index (χ0v) is 13.0. The maximum absolute atomic E-state index is 4.59. The van der Waals surface area contributed by atoms with Crippen molar-refractivity contribution in [2.24, 2.45) is 0 Å². The van der Waals surface area contributed by atoms with Crippen LogP contribution in [-0.4, -0.2) is 32.4 Å². The second-order valence-corrected chi connectivity index (χ2v) is 5.86. The van der Waals surface area contributed by atoms with Crippen molar-refractivity contribution in [1.82, 2.24) is 24.6 Å². The van der Waals surface area contributed by atoms with Gasteiger partial charge in [0.2, 0.25) is 0 Å². The molecule has 1 fully saturated rings. The lowest BCUT2D eigenvalue weighted by Gasteiger charge is -2.22. The molecule has 1 N–H and O–H groups in total. The summed E-state index contributed by atoms with van der Waals surface area (Å²) in [6, 6.07) is 0.528. The van der Waals surface area contributed by atoms with Crippen LogP contribution in [0.3, 0.4) is 0 Å². The van der Waals surface area contributed by atoms with Crippen molar-refractivity contribution in [2.45, 2.75) is 51.5 Å². The van der Waals surface area contributed by atoms with Crippen molar-refractivity contribution in [1.29, 1.82) is 0 Å². The number of piperidine rings is 1. The smallest absolute Gasteiger partial charge is 0.0995 e. The van der Waals surface area contributed by atoms with E-state index in [4.69, 9.17) is 0 Å². The molecule has 0 spiro atoms. The summed E-state index contributed by atoms with van der Waals surface area (Å²) in [6.07, 6.45) is 12.7. The maximum Gasteiger partial charge on any atom is 0.0995 e. The van der Waals surface area contributed by atoms with Crippen molar-refractivity contribution < 1.29 is 0 Å². The maximum atomic E-state index is 4.59. The highest BCUT2D eigenvalue weighted by Gasteiger charge is 2.18. The highest BCUT2D eigenvalue weighted by Crippen LogP contribution is 2.26. The van der Waals surface area contributed by atoms with Gasteiger partial charge in [0.05, 0.1) is 24.3 Å². The second kappa shape index (κ2) is 6.43. The molecule has 0 amide bonds. The van der Waals surface area contributed by atoms with E-state index in [0.29, 0.717) is 12.0 Å². The molecular weight excluding hydrogens is 262 g/mol. The normalized spacial score (nSPS) is 16.7. The Bertz CT molecular complexity index is 561. The highest BCUT2D eigenvalue weighted by molar-refractivity contribution is 5.30. The number of nitrogens with zero attached hydrogens (tertiary/aromatic N) is 4. The minimum absolute atomic E-state index is 0.528. The first-order valence-corrected chi connectivity index (χ1v) is 8.11. The van der Waals surface area contributed by atoms with Gasteiger partial charge < -0.3 is 5.32 Å². The van der Waals surface area contributed by atoms with Crippen molar-refractivity contribution in [3.8, 4) is 5.69 Å². The van der Waals surface area contributed by atoms with Crippen LogP contribution in [0.15, 0.2) is 24.9 Å². The van der Waals surface area contributed by atoms with E-state index in [2.05, 4.69) is 44.7 Å². The first-order chi connectivity index (χ1) is 10.3. The molecule has 1 saturated heterocycles. The lowest BCUT2D eigenvalue weighted by molar-refractivity contribution is 0.343. The monoisotopic (exact) mass is 287 g/mol. The minimum atomic E-state index is 0.528. The molecule has 5 heteroatoms. The summed E-state index contributed by atoms with van der Waals surface area (Å²) < 4.78 is 4.33. The Balaban J connectivity index is 1.84. The van der Waals surface area contributed by atoms with Gasteiger partial charge in [0.25, 0.3) is 0 Å². The zero-order chi connectivity index (χ0) is 14.7. The Morgan fingerprint density at radius 2 is 2.00 bits per heavy atom. The van der Waals surface area contributed by atoms with Crippen LogP contribution in [0.5, 0.6) is 0 Å². The lowest BCUT2D eigenvalue weighted by Crippen LogP contribution is -2.29. The van der Waals surface area contributed by atoms with Gasteiger partial charge in [-0.25, -0.2) is 4.98 Å². The molecule has 114 valence electrons. The van der Waals surface area contributed by atoms with E-state index in [1.54, 1.807) is 0 Å². The summed E-state index contributed by atoms with van der Waals surface area (Å²) in [4.78, 5) is 4.35. The van der Waals surface area contributed by atoms with Crippen LogP contribution in [0.2, 0.25) is 0 Å². The summed E-state index contributed by atoms with van der Waals surface area (Å²) in [6.45, 7) is 6.65. The Morgan fingerprint density at radius 3 is 2.71 bits per heavy atom. The van der Waals surface area contributed by atoms with E-state index in [0.717, 1.165) is 44.5 Å². The largest absolute Gasteiger partial charge is 0.317 e. The van der Waals surface area contributed by atoms with Gasteiger partial charge in [-0.2, -0.15) is 5.10 Å². The second-order valence-electron chi connectivity index (χ2n) is 5.86. The predicted molar refractivity (Wildman–Crippen MR) is 83.8 cm³/mol. The first-order valence-electron chi connectivity index (χ1n) is 8.11. The number of nitrogens with one attached hydrogen (secondary N) is 1. The number of hydrogen-bond acceptors (Lipinski definition) is 3. The zero-order valence-electron chi connectivity index (χ0n) is 13.0. The average Bonchev–Trinajstić information content (AvgIpc) is 3.18. The van der Waals surface area contributed by atoms with E-state index >= 15 is 0 Å². The third kappa shape index (κ3) is 2.88. The van der Waals surface area contributed by atoms with Crippen molar-refractivity contribution in [3.05, 3.63) is 30.6 Å². The van der Waals surface area contributed by atoms with Crippen LogP contribution >= 0.6 is 0 Å². The van der Waals surface area contributed by atoms with Crippen LogP contribution in [0.1, 0.15) is 57.2 Å². The van der Waals surface area contributed by atoms with Crippen LogP contribution in [0.4, 0.5) is 0 Å². The molecule has 0 unspecified atom stereocenters. The fraction of sp³-hybridized carbons (Fsp3) is 0.625. The van der Waals surface area contributed by atoms with Gasteiger partial charge in [-0.3, -0.25) is 9.25 Å². The minimum Gasteiger partial charge on any atom is -0.317 e. The number of rotatable bonds is 5. The molecule has 0 aliphatic carbocycles. The first kappa shape index (κ1) is 14.3. The summed E-state index contributed by atoms with van der Waals surface area (Å²) >= 11 is 0. The Labute approximate surface area is 126 Å². The van der Waals surface area contributed by atoms with E-state index < -0.39 is 0 Å². The van der Waals surface area contributed by atoms with E-state index in [1.165, 1.54) is 5.69 Å². The molecule has 21 heavy (non-hydrogen) atoms. The molecule has 3 heterocycles. The third-order valence-corrected chi connectivity index (χ3v) is 4.62. The van der Waals surface area contributed by atoms with Gasteiger partial charge in [-0.05, 0) is 38.8 Å². The van der Waals surface area contributed by atoms with Gasteiger partial charge in [-0.15, -0.1) is 0 Å². The van der Waals surface area contributed by atoms with Crippen molar-refractivity contribution in [3.63, 3.8) is 0 Å². The molecule has 2 aromatic heterocycles. The molecule has 0 atom stereocenters. The third-order valence-electron chi connectivity index (χ3n) is 4.62. The van der Waals surface area contributed by atoms with Gasteiger partial charge in [0, 0.05) is 24.0 Å². The SMILES string of the molecule is CCC(CC)c1cncn1-c1cnn(C2CCNCC2)c1. The van der Waals surface area contributed by atoms with Gasteiger partial charge in [0.15, 0.2) is 0 Å². The average molecular weight is 287 g/mol. The fourth-order valence-corrected chi connectivity index (χ4v) is 3.25. The number of hydrogen-bond donors (Lipinski definition) is 1. The molecule has 5 nitrogen and oxygen atoms in total. The molecule has 0 radical (unpaired) electrons. The standard InChI is InChI=1S/C16H25N5/c1-3-13(4-2)16-10-18-12-20(16)15-9-19-21(11-15)14-5-7-17-8-6-14/h9-14,17H,3-8H2,1-2H3. The molecular formula is C16H25N5. The van der Waals surface area contributed by atoms with Crippen molar-refractivity contribution in [2.75, 3.05) is 13.1 Å². The van der Waals surface area contributed by atoms with Gasteiger partial charge >= 0.3 is 0 Å². The highest BCUT2D eigenvalue weighted by atomic mass is 15.3. The van der Waals surface area contributed by atoms with Crippen LogP contribution < -0.4 is 5.32 Å². The number of aromatic nitrogens is 4. The predicted octanol–water partition coefficient (Wildman–Crippen LogP) is 2.90. The van der Waals surface area contributed by atoms with Crippen LogP contribution in [0, 0.1) is 0 Å². The van der Waals surface area contributed by atoms with E-state index in [9.17, 15) is 0 Å². The lowest BCUT2D eigenvalue weighted by atomic mass is 10.00. The van der Waals surface area contributed by atoms with Crippen molar-refractivity contribution >= 4 is 0 Å². The molecule has 1 aliphatic heterocycles. The van der Waals surface area contributed by atoms with E-state index in [-0.39, 0.29) is 0 Å². The quantitative estimate of drug-likeness (QED) is 0.920. The van der Waals surface area contributed by atoms with Crippen LogP contribution in [-0.2, 0) is 0 Å². The summed E-state index contributed by atoms with van der Waals surface area (Å²) in [5, 5.41) is 7.99. The molecule has 2 aromatic rings. The molecule has 0 aromatic carbocycles. The molecule has 0 saturated carbocycles. The molecule has 0 bridgehead atoms. The van der Waals surface area contributed by atoms with Gasteiger partial charge in [-0.1, -0.05) is 13.8 Å². The topological polar surface area (TPSA) is 47.7 Å². The van der Waals surface area contributed by atoms with Crippen LogP contribution in [0.25, 0.3) is 5.69 Å². The molecule has 1 aliphatic rings. The fourth-order valence-electron chi connectivity index (χ4n) is 3.25. The van der Waals surface area contributed by atoms with Gasteiger partial charge in [0.1, 0.15) is 0 Å². The Hall–Kier alpha value is -1.62. The summed E-state index contributed by atoms with van der Waals surface area (Å²) in [7, 11) is 0. The number of imidazole rings is 1. The summed E-state index contributed by atoms with van der Waals surface area (Å²) in [5.41, 5.74) is 2.43. The van der Waals surface area contributed by atoms with E-state index in [1.807, 2.05) is 18.7 Å². The Kier molecular flexibility index (Phi) is 4.39. The molecule has 3 rings (SSSR count). The summed E-state index contributed by atoms with van der Waals surface area (Å²) in [5.74, 6) is 0.565. The Morgan fingerprint density at radius 1 is 1.24 bits per heavy atom.